The molecule has 10 nitrogen and oxygen atoms in total. The lowest BCUT2D eigenvalue weighted by Gasteiger charge is -2.33. The highest BCUT2D eigenvalue weighted by molar-refractivity contribution is 5.94. The van der Waals surface area contributed by atoms with E-state index in [0.29, 0.717) is 19.4 Å². The largest absolute Gasteiger partial charge is 0.467 e. The number of Topliss-reactive ketones (excluding diaryl/α,β-unsaturated/α-hetero) is 1. The van der Waals surface area contributed by atoms with Crippen molar-refractivity contribution in [2.45, 2.75) is 77.5 Å². The van der Waals surface area contributed by atoms with Crippen molar-refractivity contribution in [3.8, 4) is 0 Å². The third-order valence-electron chi connectivity index (χ3n) is 6.65. The van der Waals surface area contributed by atoms with Crippen LogP contribution in [0.2, 0.25) is 0 Å². The maximum absolute atomic E-state index is 13.5. The molecule has 1 aromatic rings. The van der Waals surface area contributed by atoms with Gasteiger partial charge in [-0.15, -0.1) is 0 Å². The van der Waals surface area contributed by atoms with E-state index in [0.717, 1.165) is 11.3 Å². The molecule has 1 aromatic heterocycles. The van der Waals surface area contributed by atoms with Crippen molar-refractivity contribution in [2.24, 2.45) is 11.8 Å². The first-order valence-electron chi connectivity index (χ1n) is 11.7. The lowest BCUT2D eigenvalue weighted by molar-refractivity contribution is -0.145. The first-order chi connectivity index (χ1) is 16.0. The van der Waals surface area contributed by atoms with Crippen LogP contribution in [0.15, 0.2) is 12.3 Å². The zero-order valence-electron chi connectivity index (χ0n) is 20.3. The number of nitrogens with one attached hydrogen (secondary N) is 3. The predicted octanol–water partition coefficient (Wildman–Crippen LogP) is 0.430. The van der Waals surface area contributed by atoms with E-state index in [1.54, 1.807) is 0 Å². The molecule has 0 radical (unpaired) electrons. The number of amides is 3. The number of ether oxygens (including phenoxy) is 1. The highest BCUT2D eigenvalue weighted by Crippen LogP contribution is 2.38. The van der Waals surface area contributed by atoms with Crippen LogP contribution < -0.4 is 16.0 Å². The van der Waals surface area contributed by atoms with Gasteiger partial charge in [0.25, 0.3) is 0 Å². The van der Waals surface area contributed by atoms with Gasteiger partial charge in [0.2, 0.25) is 17.7 Å². The molecule has 0 fully saturated rings. The minimum Gasteiger partial charge on any atom is -0.467 e. The fourth-order valence-corrected chi connectivity index (χ4v) is 4.92. The van der Waals surface area contributed by atoms with Crippen LogP contribution in [-0.2, 0) is 41.7 Å². The van der Waals surface area contributed by atoms with E-state index >= 15 is 0 Å². The topological polar surface area (TPSA) is 136 Å². The Balaban J connectivity index is 1.82. The minimum absolute atomic E-state index is 0.00279. The van der Waals surface area contributed by atoms with Gasteiger partial charge in [-0.05, 0) is 37.3 Å². The van der Waals surface area contributed by atoms with Gasteiger partial charge in [0.05, 0.1) is 18.9 Å². The molecule has 186 valence electrons. The normalized spacial score (nSPS) is 23.2. The zero-order valence-corrected chi connectivity index (χ0v) is 20.3. The van der Waals surface area contributed by atoms with Crippen LogP contribution in [0.3, 0.4) is 0 Å². The van der Waals surface area contributed by atoms with Crippen LogP contribution in [0.25, 0.3) is 0 Å². The van der Waals surface area contributed by atoms with E-state index in [4.69, 9.17) is 0 Å². The number of hydrogen-bond acceptors (Lipinski definition) is 6. The molecule has 10 heteroatoms. The van der Waals surface area contributed by atoms with Crippen molar-refractivity contribution < 1.29 is 28.7 Å². The molecule has 0 saturated carbocycles. The summed E-state index contributed by atoms with van der Waals surface area (Å²) in [6.07, 6.45) is 3.15. The van der Waals surface area contributed by atoms with E-state index in [9.17, 15) is 24.0 Å². The SMILES string of the molecule is COC(=O)C(C)NC(=O)[C@H]1CC(=O)C2c3c(ccn3C1)CC[C@@H]2NC(=O)C(NC(C)=O)C(C)C. The molecule has 5 atom stereocenters. The third kappa shape index (κ3) is 5.31. The lowest BCUT2D eigenvalue weighted by atomic mass is 9.79. The van der Waals surface area contributed by atoms with Crippen molar-refractivity contribution in [3.63, 3.8) is 0 Å². The molecule has 1 aliphatic heterocycles. The molecule has 34 heavy (non-hydrogen) atoms. The van der Waals surface area contributed by atoms with Crippen LogP contribution in [-0.4, -0.2) is 59.3 Å². The second-order valence-corrected chi connectivity index (χ2v) is 9.55. The number of aromatic nitrogens is 1. The predicted molar refractivity (Wildman–Crippen MR) is 123 cm³/mol. The summed E-state index contributed by atoms with van der Waals surface area (Å²) in [5, 5.41) is 8.33. The summed E-state index contributed by atoms with van der Waals surface area (Å²) < 4.78 is 6.59. The molecule has 3 amide bonds. The Bertz CT molecular complexity index is 984. The summed E-state index contributed by atoms with van der Waals surface area (Å²) in [4.78, 5) is 62.7. The summed E-state index contributed by atoms with van der Waals surface area (Å²) in [6.45, 7) is 6.89. The number of esters is 1. The van der Waals surface area contributed by atoms with E-state index < -0.39 is 41.8 Å². The molecule has 2 heterocycles. The molecule has 1 aliphatic carbocycles. The molecule has 0 bridgehead atoms. The van der Waals surface area contributed by atoms with Crippen molar-refractivity contribution in [1.29, 1.82) is 0 Å². The molecule has 3 unspecified atom stereocenters. The van der Waals surface area contributed by atoms with E-state index in [2.05, 4.69) is 20.7 Å². The number of aryl methyl sites for hydroxylation is 1. The molecule has 2 aliphatic rings. The first-order valence-corrected chi connectivity index (χ1v) is 11.7. The maximum atomic E-state index is 13.5. The maximum Gasteiger partial charge on any atom is 0.328 e. The van der Waals surface area contributed by atoms with Crippen molar-refractivity contribution in [2.75, 3.05) is 7.11 Å². The highest BCUT2D eigenvalue weighted by atomic mass is 16.5. The van der Waals surface area contributed by atoms with Crippen LogP contribution >= 0.6 is 0 Å². The summed E-state index contributed by atoms with van der Waals surface area (Å²) in [5.74, 6) is -3.06. The average Bonchev–Trinajstić information content (AvgIpc) is 3.10. The molecule has 3 rings (SSSR count). The molecular formula is C24H34N4O6. The Morgan fingerprint density at radius 1 is 1.15 bits per heavy atom. The number of ketones is 1. The van der Waals surface area contributed by atoms with Gasteiger partial charge in [0.15, 0.2) is 0 Å². The number of nitrogens with zero attached hydrogens (tertiary/aromatic N) is 1. The first kappa shape index (κ1) is 25.5. The van der Waals surface area contributed by atoms with E-state index in [1.807, 2.05) is 30.7 Å². The molecular weight excluding hydrogens is 440 g/mol. The van der Waals surface area contributed by atoms with Gasteiger partial charge in [0.1, 0.15) is 17.9 Å². The van der Waals surface area contributed by atoms with Crippen molar-refractivity contribution >= 4 is 29.5 Å². The Morgan fingerprint density at radius 2 is 1.85 bits per heavy atom. The Kier molecular flexibility index (Phi) is 7.78. The number of carbonyl (C=O) groups excluding carboxylic acids is 5. The fraction of sp³-hybridized carbons (Fsp3) is 0.625. The second-order valence-electron chi connectivity index (χ2n) is 9.55. The van der Waals surface area contributed by atoms with Crippen LogP contribution in [0.4, 0.5) is 0 Å². The summed E-state index contributed by atoms with van der Waals surface area (Å²) in [5.41, 5.74) is 1.87. The number of carbonyl (C=O) groups is 5. The molecule has 0 saturated heterocycles. The van der Waals surface area contributed by atoms with Crippen LogP contribution in [0, 0.1) is 11.8 Å². The highest BCUT2D eigenvalue weighted by Gasteiger charge is 2.43. The van der Waals surface area contributed by atoms with E-state index in [1.165, 1.54) is 21.0 Å². The van der Waals surface area contributed by atoms with Gasteiger partial charge in [-0.1, -0.05) is 13.8 Å². The van der Waals surface area contributed by atoms with Crippen molar-refractivity contribution in [1.82, 2.24) is 20.5 Å². The quantitative estimate of drug-likeness (QED) is 0.491. The number of methoxy groups -OCH3 is 1. The van der Waals surface area contributed by atoms with Gasteiger partial charge in [-0.2, -0.15) is 0 Å². The van der Waals surface area contributed by atoms with Gasteiger partial charge in [0, 0.05) is 37.8 Å². The van der Waals surface area contributed by atoms with Gasteiger partial charge in [-0.25, -0.2) is 4.79 Å². The van der Waals surface area contributed by atoms with Gasteiger partial charge >= 0.3 is 5.97 Å². The lowest BCUT2D eigenvalue weighted by Crippen LogP contribution is -2.54. The standard InChI is InChI=1S/C24H34N4O6/c1-12(2)20(26-14(4)29)23(32)27-17-7-6-15-8-9-28-11-16(10-18(30)19(17)21(15)28)22(31)25-13(3)24(33)34-5/h8-9,12-13,16-17,19-20H,6-7,10-11H2,1-5H3,(H,25,31)(H,26,29)(H,27,32)/t13?,16-,17-,19?,20?/m0/s1. The van der Waals surface area contributed by atoms with Gasteiger partial charge in [-0.3, -0.25) is 19.2 Å². The summed E-state index contributed by atoms with van der Waals surface area (Å²) in [6, 6.07) is -0.00754. The summed E-state index contributed by atoms with van der Waals surface area (Å²) >= 11 is 0. The monoisotopic (exact) mass is 474 g/mol. The second kappa shape index (κ2) is 10.4. The minimum atomic E-state index is -0.823. The number of rotatable bonds is 7. The van der Waals surface area contributed by atoms with Crippen molar-refractivity contribution in [3.05, 3.63) is 23.5 Å². The smallest absolute Gasteiger partial charge is 0.328 e. The number of hydrogen-bond donors (Lipinski definition) is 3. The van der Waals surface area contributed by atoms with E-state index in [-0.39, 0.29) is 29.9 Å². The third-order valence-corrected chi connectivity index (χ3v) is 6.65. The van der Waals surface area contributed by atoms with Crippen LogP contribution in [0.1, 0.15) is 57.7 Å². The summed E-state index contributed by atoms with van der Waals surface area (Å²) in [7, 11) is 1.25. The Labute approximate surface area is 199 Å². The molecule has 0 aromatic carbocycles. The van der Waals surface area contributed by atoms with Crippen LogP contribution in [0.5, 0.6) is 0 Å². The molecule has 3 N–H and O–H groups in total. The van der Waals surface area contributed by atoms with Gasteiger partial charge < -0.3 is 25.3 Å². The average molecular weight is 475 g/mol. The zero-order chi connectivity index (χ0) is 25.2. The fourth-order valence-electron chi connectivity index (χ4n) is 4.92. The Morgan fingerprint density at radius 3 is 2.47 bits per heavy atom. The Hall–Kier alpha value is -3.17. The molecule has 0 spiro atoms.